The summed E-state index contributed by atoms with van der Waals surface area (Å²) in [5.74, 6) is 0.238. The highest BCUT2D eigenvalue weighted by molar-refractivity contribution is 6.08. The second-order valence-electron chi connectivity index (χ2n) is 17.8. The zero-order chi connectivity index (χ0) is 48.4. The van der Waals surface area contributed by atoms with Gasteiger partial charge in [0.25, 0.3) is 17.7 Å². The van der Waals surface area contributed by atoms with Crippen molar-refractivity contribution in [3.8, 4) is 17.2 Å². The van der Waals surface area contributed by atoms with E-state index in [-0.39, 0.29) is 54.1 Å². The minimum Gasteiger partial charge on any atom is -0.456 e. The molecule has 0 saturated heterocycles. The third-order valence-electron chi connectivity index (χ3n) is 13.9. The fourth-order valence-corrected chi connectivity index (χ4v) is 10.6. The molecule has 2 aliphatic heterocycles. The molecule has 69 heavy (non-hydrogen) atoms. The predicted molar refractivity (Wildman–Crippen MR) is 271 cm³/mol. The van der Waals surface area contributed by atoms with Crippen LogP contribution in [0.1, 0.15) is 108 Å². The van der Waals surface area contributed by atoms with Crippen molar-refractivity contribution in [3.63, 3.8) is 0 Å². The molecule has 354 valence electrons. The third-order valence-corrected chi connectivity index (χ3v) is 13.9. The molecule has 0 bridgehead atoms. The summed E-state index contributed by atoms with van der Waals surface area (Å²) in [5, 5.41) is 5.77. The average Bonchev–Trinajstić information content (AvgIpc) is 3.81. The van der Waals surface area contributed by atoms with Gasteiger partial charge in [0.15, 0.2) is 0 Å². The van der Waals surface area contributed by atoms with Crippen LogP contribution in [0.2, 0.25) is 0 Å². The number of amides is 3. The molecule has 0 radical (unpaired) electrons. The predicted octanol–water partition coefficient (Wildman–Crippen LogP) is 11.0. The van der Waals surface area contributed by atoms with Gasteiger partial charge < -0.3 is 39.5 Å². The number of fused-ring (bicyclic) bond motifs is 8. The van der Waals surface area contributed by atoms with Crippen LogP contribution in [0.15, 0.2) is 133 Å². The van der Waals surface area contributed by atoms with E-state index in [1.807, 2.05) is 41.3 Å². The van der Waals surface area contributed by atoms with E-state index in [2.05, 4.69) is 115 Å². The number of allylic oxidation sites excluding steroid dienone is 3. The molecule has 2 heterocycles. The van der Waals surface area contributed by atoms with Gasteiger partial charge in [-0.05, 0) is 113 Å². The lowest BCUT2D eigenvalue weighted by Crippen LogP contribution is -2.48. The first-order valence-corrected chi connectivity index (χ1v) is 24.1. The molecule has 1 unspecified atom stereocenters. The number of nitrogens with zero attached hydrogens (tertiary/aromatic N) is 3. The summed E-state index contributed by atoms with van der Waals surface area (Å²) in [5.41, 5.74) is 9.44. The normalized spacial score (nSPS) is 15.6. The number of rotatable bonds is 16. The Labute approximate surface area is 404 Å². The zero-order valence-electron chi connectivity index (χ0n) is 40.0. The molecule has 3 amide bonds. The summed E-state index contributed by atoms with van der Waals surface area (Å²) in [4.78, 5) is 61.6. The lowest BCUT2D eigenvalue weighted by Gasteiger charge is -2.45. The van der Waals surface area contributed by atoms with E-state index in [9.17, 15) is 19.2 Å². The van der Waals surface area contributed by atoms with Gasteiger partial charge in [0.1, 0.15) is 29.4 Å². The Morgan fingerprint density at radius 2 is 1.46 bits per heavy atom. The van der Waals surface area contributed by atoms with Crippen LogP contribution >= 0.6 is 0 Å². The Morgan fingerprint density at radius 3 is 2.13 bits per heavy atom. The molecule has 1 atom stereocenters. The maximum Gasteiger partial charge on any atom is 0.513 e. The van der Waals surface area contributed by atoms with Gasteiger partial charge in [-0.25, -0.2) is 4.79 Å². The summed E-state index contributed by atoms with van der Waals surface area (Å²) < 4.78 is 18.2. The van der Waals surface area contributed by atoms with Crippen LogP contribution in [-0.2, 0) is 15.1 Å². The summed E-state index contributed by atoms with van der Waals surface area (Å²) >= 11 is 0. The second kappa shape index (κ2) is 19.6. The number of hydrogen-bond acceptors (Lipinski definition) is 9. The minimum absolute atomic E-state index is 0.0679. The van der Waals surface area contributed by atoms with Crippen LogP contribution in [-0.4, -0.2) is 74.7 Å². The second-order valence-corrected chi connectivity index (χ2v) is 17.8. The molecule has 0 aromatic heterocycles. The maximum atomic E-state index is 14.8. The monoisotopic (exact) mass is 925 g/mol. The van der Waals surface area contributed by atoms with E-state index < -0.39 is 23.5 Å². The van der Waals surface area contributed by atoms with Gasteiger partial charge in [-0.15, -0.1) is 0 Å². The minimum atomic E-state index is -1.03. The van der Waals surface area contributed by atoms with E-state index in [1.54, 1.807) is 6.92 Å². The highest BCUT2D eigenvalue weighted by Crippen LogP contribution is 2.58. The fourth-order valence-electron chi connectivity index (χ4n) is 10.6. The molecule has 0 fully saturated rings. The molecule has 2 aliphatic carbocycles. The van der Waals surface area contributed by atoms with Crippen molar-refractivity contribution in [1.29, 1.82) is 0 Å². The van der Waals surface area contributed by atoms with Crippen molar-refractivity contribution in [3.05, 3.63) is 172 Å². The van der Waals surface area contributed by atoms with Gasteiger partial charge in [-0.1, -0.05) is 78.9 Å². The topological polar surface area (TPSA) is 130 Å². The van der Waals surface area contributed by atoms with Crippen LogP contribution in [0.3, 0.4) is 0 Å². The number of carbonyl (C=O) groups excluding carboxylic acids is 4. The van der Waals surface area contributed by atoms with Crippen LogP contribution < -0.4 is 29.9 Å². The molecule has 0 saturated carbocycles. The summed E-state index contributed by atoms with van der Waals surface area (Å²) in [6.45, 7) is 17.7. The summed E-state index contributed by atoms with van der Waals surface area (Å²) in [6.07, 6.45) is 5.59. The van der Waals surface area contributed by atoms with Crippen LogP contribution in [0.4, 0.5) is 21.9 Å². The first-order chi connectivity index (χ1) is 33.5. The average molecular weight is 926 g/mol. The number of nitrogens with one attached hydrogen (secondary N) is 2. The Kier molecular flexibility index (Phi) is 13.2. The first-order valence-electron chi connectivity index (χ1n) is 24.1. The number of carbonyl (C=O) groups is 4. The highest BCUT2D eigenvalue weighted by Gasteiger charge is 2.56. The lowest BCUT2D eigenvalue weighted by atomic mass is 9.74. The van der Waals surface area contributed by atoms with Gasteiger partial charge in [-0.2, -0.15) is 0 Å². The summed E-state index contributed by atoms with van der Waals surface area (Å²) in [6, 6.07) is 32.9. The fraction of sp³-hybridized carbons (Fsp3) is 0.298. The van der Waals surface area contributed by atoms with Crippen molar-refractivity contribution in [2.75, 3.05) is 61.0 Å². The Hall–Kier alpha value is -7.60. The smallest absolute Gasteiger partial charge is 0.456 e. The van der Waals surface area contributed by atoms with Gasteiger partial charge in [0, 0.05) is 91.0 Å². The molecule has 1 spiro atoms. The highest BCUT2D eigenvalue weighted by atomic mass is 16.7. The SMILES string of the molecule is C=C(C)C(=O)Nc1ccc(OC(=O)OCC2C3=C(C=CCC3)c3ccccc32)cc1C(=O)NCCCN1C(=O)c2ccccc2C12c1ccc(N(CC)CC)cc1Oc1cc(N(CC)CC)ccc12. The Bertz CT molecular complexity index is 2870. The number of ether oxygens (including phenoxy) is 3. The number of hydrogen-bond donors (Lipinski definition) is 2. The zero-order valence-corrected chi connectivity index (χ0v) is 40.0. The largest absolute Gasteiger partial charge is 0.513 e. The molecule has 5 aromatic carbocycles. The quantitative estimate of drug-likeness (QED) is 0.0430. The van der Waals surface area contributed by atoms with Crippen molar-refractivity contribution >= 4 is 46.5 Å². The van der Waals surface area contributed by atoms with E-state index in [1.165, 1.54) is 29.3 Å². The van der Waals surface area contributed by atoms with Crippen molar-refractivity contribution in [2.45, 2.75) is 65.3 Å². The Balaban J connectivity index is 0.967. The maximum absolute atomic E-state index is 14.8. The standard InChI is InChI=1S/C57H59N5O7/c1-7-60(8-2)37-24-27-48-51(32-37)69-52-33-38(61(9-3)10-4)25-28-49(52)57(48)47-23-16-15-22-44(47)55(65)62(57)31-17-30-58-54(64)45-34-39(26-29-50(45)59-53(63)36(5)6)68-56(66)67-35-46-42-20-13-11-18-40(42)41-19-12-14-21-43(41)46/h11-13,15-16,18-20,22-29,32-34,46H,5,7-10,14,17,21,30-31,35H2,1-4,6H3,(H,58,64)(H,59,63). The van der Waals surface area contributed by atoms with Gasteiger partial charge >= 0.3 is 6.16 Å². The van der Waals surface area contributed by atoms with Gasteiger partial charge in [-0.3, -0.25) is 14.4 Å². The van der Waals surface area contributed by atoms with E-state index in [0.29, 0.717) is 23.5 Å². The van der Waals surface area contributed by atoms with E-state index in [0.717, 1.165) is 78.2 Å². The van der Waals surface area contributed by atoms with Gasteiger partial charge in [0.05, 0.1) is 11.3 Å². The Morgan fingerprint density at radius 1 is 0.812 bits per heavy atom. The molecule has 9 rings (SSSR count). The number of anilines is 3. The van der Waals surface area contributed by atoms with Crippen LogP contribution in [0, 0.1) is 0 Å². The van der Waals surface area contributed by atoms with Gasteiger partial charge in [0.2, 0.25) is 0 Å². The lowest BCUT2D eigenvalue weighted by molar-refractivity contribution is -0.112. The number of benzene rings is 5. The first kappa shape index (κ1) is 46.5. The van der Waals surface area contributed by atoms with Crippen LogP contribution in [0.5, 0.6) is 17.2 Å². The molecule has 4 aliphatic rings. The van der Waals surface area contributed by atoms with E-state index >= 15 is 0 Å². The molecular weight excluding hydrogens is 867 g/mol. The molecular formula is C57H59N5O7. The van der Waals surface area contributed by atoms with E-state index in [4.69, 9.17) is 14.2 Å². The van der Waals surface area contributed by atoms with Crippen molar-refractivity contribution in [2.24, 2.45) is 0 Å². The summed E-state index contributed by atoms with van der Waals surface area (Å²) in [7, 11) is 0. The molecule has 2 N–H and O–H groups in total. The molecule has 12 heteroatoms. The molecule has 5 aromatic rings. The molecule has 12 nitrogen and oxygen atoms in total. The van der Waals surface area contributed by atoms with Crippen LogP contribution in [0.25, 0.3) is 5.57 Å². The van der Waals surface area contributed by atoms with Crippen molar-refractivity contribution < 1.29 is 33.4 Å². The van der Waals surface area contributed by atoms with Crippen molar-refractivity contribution in [1.82, 2.24) is 10.2 Å². The third kappa shape index (κ3) is 8.42.